The van der Waals surface area contributed by atoms with Crippen LogP contribution in [0.25, 0.3) is 0 Å². The van der Waals surface area contributed by atoms with Crippen molar-refractivity contribution in [2.24, 2.45) is 0 Å². The molecule has 86 valence electrons. The number of carbonyl (C=O) groups excluding carboxylic acids is 2. The average molecular weight is 234 g/mol. The Morgan fingerprint density at radius 3 is 2.93 bits per heavy atom. The first kappa shape index (κ1) is 12.3. The predicted molar refractivity (Wildman–Crippen MR) is 54.4 cm³/mol. The van der Waals surface area contributed by atoms with Crippen LogP contribution in [0.15, 0.2) is 0 Å². The molecular formula is C9H14O5S. The second kappa shape index (κ2) is 4.85. The van der Waals surface area contributed by atoms with Gasteiger partial charge in [-0.1, -0.05) is 0 Å². The van der Waals surface area contributed by atoms with Crippen molar-refractivity contribution in [1.29, 1.82) is 0 Å². The third-order valence-electron chi connectivity index (χ3n) is 2.22. The standard InChI is InChI=1S/C9H14O5S/c1-9(13-5-15-3)4-6(10)14-7(9)8(11)12-2/h7H,4-5H2,1-3H3. The number of hydrogen-bond acceptors (Lipinski definition) is 6. The molecule has 2 atom stereocenters. The van der Waals surface area contributed by atoms with Gasteiger partial charge in [-0.3, -0.25) is 4.79 Å². The fourth-order valence-electron chi connectivity index (χ4n) is 1.40. The highest BCUT2D eigenvalue weighted by Gasteiger charge is 2.51. The van der Waals surface area contributed by atoms with E-state index < -0.39 is 23.6 Å². The van der Waals surface area contributed by atoms with Crippen LogP contribution < -0.4 is 0 Å². The summed E-state index contributed by atoms with van der Waals surface area (Å²) in [5.74, 6) is -0.612. The summed E-state index contributed by atoms with van der Waals surface area (Å²) in [6.45, 7) is 1.68. The lowest BCUT2D eigenvalue weighted by atomic mass is 9.98. The Kier molecular flexibility index (Phi) is 3.98. The molecular weight excluding hydrogens is 220 g/mol. The zero-order chi connectivity index (χ0) is 11.5. The molecule has 1 saturated heterocycles. The third-order valence-corrected chi connectivity index (χ3v) is 2.57. The lowest BCUT2D eigenvalue weighted by Crippen LogP contribution is -2.43. The summed E-state index contributed by atoms with van der Waals surface area (Å²) in [6.07, 6.45) is 0.990. The second-order valence-corrected chi connectivity index (χ2v) is 4.25. The molecule has 0 amide bonds. The van der Waals surface area contributed by atoms with Gasteiger partial charge in [-0.15, -0.1) is 11.8 Å². The van der Waals surface area contributed by atoms with Crippen molar-refractivity contribution in [3.8, 4) is 0 Å². The summed E-state index contributed by atoms with van der Waals surface area (Å²) < 4.78 is 14.9. The average Bonchev–Trinajstić information content (AvgIpc) is 2.50. The van der Waals surface area contributed by atoms with Crippen molar-refractivity contribution in [3.63, 3.8) is 0 Å². The van der Waals surface area contributed by atoms with Crippen molar-refractivity contribution >= 4 is 23.7 Å². The van der Waals surface area contributed by atoms with Crippen LogP contribution in [-0.4, -0.2) is 42.9 Å². The zero-order valence-electron chi connectivity index (χ0n) is 8.94. The van der Waals surface area contributed by atoms with Gasteiger partial charge in [0.15, 0.2) is 0 Å². The van der Waals surface area contributed by atoms with Crippen molar-refractivity contribution < 1.29 is 23.8 Å². The van der Waals surface area contributed by atoms with E-state index >= 15 is 0 Å². The number of methoxy groups -OCH3 is 1. The highest BCUT2D eigenvalue weighted by Crippen LogP contribution is 2.31. The third kappa shape index (κ3) is 2.63. The molecule has 0 spiro atoms. The second-order valence-electron chi connectivity index (χ2n) is 3.43. The minimum absolute atomic E-state index is 0.0767. The Balaban J connectivity index is 2.74. The first-order chi connectivity index (χ1) is 7.03. The Bertz CT molecular complexity index is 267. The van der Waals surface area contributed by atoms with Gasteiger partial charge in [-0.2, -0.15) is 0 Å². The Morgan fingerprint density at radius 2 is 2.40 bits per heavy atom. The van der Waals surface area contributed by atoms with Crippen LogP contribution >= 0.6 is 11.8 Å². The van der Waals surface area contributed by atoms with Gasteiger partial charge < -0.3 is 14.2 Å². The molecule has 15 heavy (non-hydrogen) atoms. The lowest BCUT2D eigenvalue weighted by molar-refractivity contribution is -0.168. The SMILES string of the molecule is COC(=O)C1OC(=O)CC1(C)OCSC. The molecule has 0 bridgehead atoms. The van der Waals surface area contributed by atoms with E-state index in [1.165, 1.54) is 18.9 Å². The number of hydrogen-bond donors (Lipinski definition) is 0. The molecule has 0 aromatic heterocycles. The highest BCUT2D eigenvalue weighted by atomic mass is 32.2. The van der Waals surface area contributed by atoms with E-state index in [9.17, 15) is 9.59 Å². The smallest absolute Gasteiger partial charge is 0.350 e. The number of cyclic esters (lactones) is 1. The molecule has 1 aliphatic rings. The van der Waals surface area contributed by atoms with E-state index in [1.807, 2.05) is 6.26 Å². The van der Waals surface area contributed by atoms with Gasteiger partial charge in [0.25, 0.3) is 0 Å². The molecule has 1 fully saturated rings. The first-order valence-corrected chi connectivity index (χ1v) is 5.83. The minimum Gasteiger partial charge on any atom is -0.466 e. The van der Waals surface area contributed by atoms with Crippen LogP contribution in [-0.2, 0) is 23.8 Å². The molecule has 0 aromatic rings. The minimum atomic E-state index is -0.956. The van der Waals surface area contributed by atoms with Gasteiger partial charge in [0.2, 0.25) is 6.10 Å². The monoisotopic (exact) mass is 234 g/mol. The van der Waals surface area contributed by atoms with Crippen LogP contribution in [0.3, 0.4) is 0 Å². The largest absolute Gasteiger partial charge is 0.466 e. The van der Waals surface area contributed by atoms with Gasteiger partial charge in [-0.05, 0) is 13.2 Å². The van der Waals surface area contributed by atoms with Crippen LogP contribution in [0.2, 0.25) is 0 Å². The Hall–Kier alpha value is -0.750. The molecule has 5 nitrogen and oxygen atoms in total. The van der Waals surface area contributed by atoms with E-state index in [0.717, 1.165) is 0 Å². The van der Waals surface area contributed by atoms with Gasteiger partial charge in [0.05, 0.1) is 19.5 Å². The summed E-state index contributed by atoms with van der Waals surface area (Å²) in [7, 11) is 1.25. The molecule has 6 heteroatoms. The molecule has 0 aliphatic carbocycles. The van der Waals surface area contributed by atoms with E-state index in [2.05, 4.69) is 4.74 Å². The van der Waals surface area contributed by atoms with E-state index in [4.69, 9.17) is 9.47 Å². The Morgan fingerprint density at radius 1 is 1.73 bits per heavy atom. The number of thioether (sulfide) groups is 1. The van der Waals surface area contributed by atoms with Gasteiger partial charge in [0.1, 0.15) is 5.60 Å². The number of ether oxygens (including phenoxy) is 3. The molecule has 0 radical (unpaired) electrons. The molecule has 0 aromatic carbocycles. The number of esters is 2. The summed E-state index contributed by atoms with van der Waals surface area (Å²) in [6, 6.07) is 0. The van der Waals surface area contributed by atoms with E-state index in [1.54, 1.807) is 6.92 Å². The van der Waals surface area contributed by atoms with Crippen molar-refractivity contribution in [2.45, 2.75) is 25.0 Å². The summed E-state index contributed by atoms with van der Waals surface area (Å²) in [5, 5.41) is 0. The first-order valence-electron chi connectivity index (χ1n) is 4.43. The summed E-state index contributed by atoms with van der Waals surface area (Å²) in [5.41, 5.74) is -0.910. The molecule has 1 heterocycles. The van der Waals surface area contributed by atoms with E-state index in [-0.39, 0.29) is 6.42 Å². The van der Waals surface area contributed by atoms with Crippen LogP contribution in [0.4, 0.5) is 0 Å². The maximum atomic E-state index is 11.4. The van der Waals surface area contributed by atoms with Gasteiger partial charge >= 0.3 is 11.9 Å². The van der Waals surface area contributed by atoms with Crippen LogP contribution in [0.5, 0.6) is 0 Å². The quantitative estimate of drug-likeness (QED) is 0.523. The van der Waals surface area contributed by atoms with Crippen LogP contribution in [0.1, 0.15) is 13.3 Å². The molecule has 0 saturated carbocycles. The Labute approximate surface area is 92.4 Å². The van der Waals surface area contributed by atoms with Gasteiger partial charge in [-0.25, -0.2) is 4.79 Å². The van der Waals surface area contributed by atoms with Crippen molar-refractivity contribution in [1.82, 2.24) is 0 Å². The van der Waals surface area contributed by atoms with Crippen molar-refractivity contribution in [3.05, 3.63) is 0 Å². The lowest BCUT2D eigenvalue weighted by Gasteiger charge is -2.26. The zero-order valence-corrected chi connectivity index (χ0v) is 9.76. The summed E-state index contributed by atoms with van der Waals surface area (Å²) in [4.78, 5) is 22.5. The normalized spacial score (nSPS) is 30.1. The number of carbonyl (C=O) groups is 2. The van der Waals surface area contributed by atoms with Crippen LogP contribution in [0, 0.1) is 0 Å². The maximum absolute atomic E-state index is 11.4. The highest BCUT2D eigenvalue weighted by molar-refractivity contribution is 7.98. The van der Waals surface area contributed by atoms with Gasteiger partial charge in [0, 0.05) is 0 Å². The molecule has 2 unspecified atom stereocenters. The molecule has 1 aliphatic heterocycles. The molecule has 0 N–H and O–H groups in total. The fraction of sp³-hybridized carbons (Fsp3) is 0.778. The topological polar surface area (TPSA) is 61.8 Å². The maximum Gasteiger partial charge on any atom is 0.350 e. The predicted octanol–water partition coefficient (Wildman–Crippen LogP) is 0.571. The fourth-order valence-corrected chi connectivity index (χ4v) is 1.79. The van der Waals surface area contributed by atoms with E-state index in [0.29, 0.717) is 5.94 Å². The van der Waals surface area contributed by atoms with Crippen molar-refractivity contribution in [2.75, 3.05) is 19.3 Å². The molecule has 1 rings (SSSR count). The number of rotatable bonds is 4. The summed E-state index contributed by atoms with van der Waals surface area (Å²) >= 11 is 1.47.